The van der Waals surface area contributed by atoms with Gasteiger partial charge in [0.15, 0.2) is 0 Å². The van der Waals surface area contributed by atoms with Crippen molar-refractivity contribution >= 4 is 0 Å². The summed E-state index contributed by atoms with van der Waals surface area (Å²) in [6.45, 7) is 6.20. The maximum absolute atomic E-state index is 14.2. The molecule has 20 heavy (non-hydrogen) atoms. The number of aryl methyl sites for hydroxylation is 1. The van der Waals surface area contributed by atoms with Crippen LogP contribution in [0.5, 0.6) is 0 Å². The molecule has 0 bridgehead atoms. The minimum Gasteiger partial charge on any atom is -0.388 e. The maximum Gasteiger partial charge on any atom is 0.147 e. The summed E-state index contributed by atoms with van der Waals surface area (Å²) in [5, 5.41) is 10.3. The van der Waals surface area contributed by atoms with Crippen molar-refractivity contribution in [2.45, 2.75) is 39.7 Å². The van der Waals surface area contributed by atoms with Gasteiger partial charge in [0.25, 0.3) is 0 Å². The number of rotatable bonds is 1. The van der Waals surface area contributed by atoms with Gasteiger partial charge in [0.05, 0.1) is 11.8 Å². The van der Waals surface area contributed by atoms with Crippen molar-refractivity contribution in [3.63, 3.8) is 0 Å². The van der Waals surface area contributed by atoms with E-state index in [1.165, 1.54) is 6.07 Å². The number of fused-ring (bicyclic) bond motifs is 1. The largest absolute Gasteiger partial charge is 0.388 e. The molecule has 1 aliphatic carbocycles. The van der Waals surface area contributed by atoms with Crippen LogP contribution in [0.25, 0.3) is 5.69 Å². The summed E-state index contributed by atoms with van der Waals surface area (Å²) in [6, 6.07) is 7.04. The molecule has 106 valence electrons. The Bertz CT molecular complexity index is 637. The van der Waals surface area contributed by atoms with Crippen molar-refractivity contribution in [2.24, 2.45) is 5.41 Å². The highest BCUT2D eigenvalue weighted by Crippen LogP contribution is 2.42. The van der Waals surface area contributed by atoms with Crippen LogP contribution in [0.15, 0.2) is 30.5 Å². The van der Waals surface area contributed by atoms with E-state index in [0.29, 0.717) is 5.69 Å². The van der Waals surface area contributed by atoms with Gasteiger partial charge in [-0.3, -0.25) is 0 Å². The number of halogens is 1. The first kappa shape index (κ1) is 13.4. The zero-order chi connectivity index (χ0) is 14.5. The fraction of sp³-hybridized carbons (Fsp3) is 0.412. The normalized spacial score (nSPS) is 20.8. The average Bonchev–Trinajstić information content (AvgIpc) is 2.71. The highest BCUT2D eigenvalue weighted by molar-refractivity contribution is 5.46. The lowest BCUT2D eigenvalue weighted by Crippen LogP contribution is -2.26. The summed E-state index contributed by atoms with van der Waals surface area (Å²) in [7, 11) is 0. The third kappa shape index (κ3) is 2.06. The average molecular weight is 273 g/mol. The van der Waals surface area contributed by atoms with Crippen LogP contribution in [0.1, 0.15) is 43.2 Å². The fourth-order valence-electron chi connectivity index (χ4n) is 3.27. The van der Waals surface area contributed by atoms with Crippen molar-refractivity contribution in [3.8, 4) is 5.69 Å². The zero-order valence-electron chi connectivity index (χ0n) is 12.2. The van der Waals surface area contributed by atoms with E-state index in [1.54, 1.807) is 6.07 Å². The first-order chi connectivity index (χ1) is 9.39. The van der Waals surface area contributed by atoms with E-state index in [1.807, 2.05) is 29.8 Å². The molecule has 1 aromatic carbocycles. The molecule has 1 unspecified atom stereocenters. The molecule has 1 aliphatic rings. The van der Waals surface area contributed by atoms with Crippen molar-refractivity contribution in [2.75, 3.05) is 0 Å². The molecule has 3 heteroatoms. The number of aliphatic hydroxyl groups excluding tert-OH is 1. The Morgan fingerprint density at radius 1 is 1.30 bits per heavy atom. The molecular weight excluding hydrogens is 253 g/mol. The quantitative estimate of drug-likeness (QED) is 0.836. The van der Waals surface area contributed by atoms with Crippen molar-refractivity contribution < 1.29 is 9.50 Å². The van der Waals surface area contributed by atoms with E-state index in [4.69, 9.17) is 0 Å². The summed E-state index contributed by atoms with van der Waals surface area (Å²) in [4.78, 5) is 0. The minimum atomic E-state index is -0.456. The highest BCUT2D eigenvalue weighted by atomic mass is 19.1. The Balaban J connectivity index is 2.19. The van der Waals surface area contributed by atoms with Gasteiger partial charge >= 0.3 is 0 Å². The number of nitrogens with zero attached hydrogens (tertiary/aromatic N) is 1. The van der Waals surface area contributed by atoms with Crippen molar-refractivity contribution in [3.05, 3.63) is 53.1 Å². The lowest BCUT2D eigenvalue weighted by Gasteiger charge is -2.34. The van der Waals surface area contributed by atoms with Crippen LogP contribution < -0.4 is 0 Å². The van der Waals surface area contributed by atoms with Gasteiger partial charge in [0.2, 0.25) is 0 Å². The molecule has 0 saturated carbocycles. The predicted molar refractivity (Wildman–Crippen MR) is 77.5 cm³/mol. The third-order valence-corrected chi connectivity index (χ3v) is 4.21. The number of aromatic nitrogens is 1. The van der Waals surface area contributed by atoms with Gasteiger partial charge in [-0.15, -0.1) is 0 Å². The minimum absolute atomic E-state index is 0.0294. The summed E-state index contributed by atoms with van der Waals surface area (Å²) in [5.41, 5.74) is 3.50. The molecule has 0 amide bonds. The van der Waals surface area contributed by atoms with Crippen LogP contribution in [0.4, 0.5) is 4.39 Å². The monoisotopic (exact) mass is 273 g/mol. The fourth-order valence-corrected chi connectivity index (χ4v) is 3.27. The molecule has 1 atom stereocenters. The number of aliphatic hydroxyl groups is 1. The lowest BCUT2D eigenvalue weighted by molar-refractivity contribution is 0.0986. The van der Waals surface area contributed by atoms with Gasteiger partial charge in [0, 0.05) is 17.5 Å². The number of benzene rings is 1. The standard InChI is InChI=1S/C17H20FNO/c1-11-5-4-6-13(18)16(11)19-8-7-12-14(19)9-17(2,3)10-15(12)20/h4-8,15,20H,9-10H2,1-3H3. The topological polar surface area (TPSA) is 25.2 Å². The van der Waals surface area contributed by atoms with E-state index in [2.05, 4.69) is 13.8 Å². The summed E-state index contributed by atoms with van der Waals surface area (Å²) < 4.78 is 16.1. The number of hydrogen-bond donors (Lipinski definition) is 1. The zero-order valence-corrected chi connectivity index (χ0v) is 12.2. The Morgan fingerprint density at radius 2 is 2.05 bits per heavy atom. The van der Waals surface area contributed by atoms with E-state index < -0.39 is 6.10 Å². The Labute approximate surface area is 118 Å². The second-order valence-corrected chi connectivity index (χ2v) is 6.55. The smallest absolute Gasteiger partial charge is 0.147 e. The van der Waals surface area contributed by atoms with Crippen molar-refractivity contribution in [1.29, 1.82) is 0 Å². The number of para-hydroxylation sites is 1. The second kappa shape index (κ2) is 4.45. The summed E-state index contributed by atoms with van der Waals surface area (Å²) in [6.07, 6.45) is 3.02. The van der Waals surface area contributed by atoms with E-state index in [-0.39, 0.29) is 11.2 Å². The van der Waals surface area contributed by atoms with Crippen LogP contribution in [0.3, 0.4) is 0 Å². The molecule has 3 rings (SSSR count). The maximum atomic E-state index is 14.2. The number of hydrogen-bond acceptors (Lipinski definition) is 1. The lowest BCUT2D eigenvalue weighted by atomic mass is 9.75. The van der Waals surface area contributed by atoms with Gasteiger partial charge in [-0.05, 0) is 42.9 Å². The van der Waals surface area contributed by atoms with Crippen LogP contribution in [-0.4, -0.2) is 9.67 Å². The molecule has 0 radical (unpaired) electrons. The molecule has 1 aromatic heterocycles. The molecule has 0 saturated heterocycles. The van der Waals surface area contributed by atoms with Crippen LogP contribution >= 0.6 is 0 Å². The Morgan fingerprint density at radius 3 is 2.75 bits per heavy atom. The molecule has 0 aliphatic heterocycles. The summed E-state index contributed by atoms with van der Waals surface area (Å²) in [5.74, 6) is -0.221. The van der Waals surface area contributed by atoms with Gasteiger partial charge in [0.1, 0.15) is 5.82 Å². The van der Waals surface area contributed by atoms with E-state index in [9.17, 15) is 9.50 Å². The predicted octanol–water partition coefficient (Wildman–Crippen LogP) is 3.93. The van der Waals surface area contributed by atoms with Gasteiger partial charge in [-0.2, -0.15) is 0 Å². The first-order valence-electron chi connectivity index (χ1n) is 7.03. The molecular formula is C17H20FNO. The van der Waals surface area contributed by atoms with E-state index in [0.717, 1.165) is 29.7 Å². The third-order valence-electron chi connectivity index (χ3n) is 4.21. The first-order valence-corrected chi connectivity index (χ1v) is 7.03. The Hall–Kier alpha value is -1.61. The summed E-state index contributed by atoms with van der Waals surface area (Å²) >= 11 is 0. The van der Waals surface area contributed by atoms with E-state index >= 15 is 0 Å². The van der Waals surface area contributed by atoms with Gasteiger partial charge < -0.3 is 9.67 Å². The van der Waals surface area contributed by atoms with Crippen LogP contribution in [0.2, 0.25) is 0 Å². The molecule has 1 heterocycles. The molecule has 2 nitrogen and oxygen atoms in total. The Kier molecular flexibility index (Phi) is 2.98. The molecule has 2 aromatic rings. The SMILES string of the molecule is Cc1cccc(F)c1-n1ccc2c1CC(C)(C)CC2O. The van der Waals surface area contributed by atoms with Gasteiger partial charge in [-0.25, -0.2) is 4.39 Å². The second-order valence-electron chi connectivity index (χ2n) is 6.55. The molecule has 0 fully saturated rings. The van der Waals surface area contributed by atoms with Crippen LogP contribution in [-0.2, 0) is 6.42 Å². The van der Waals surface area contributed by atoms with Gasteiger partial charge in [-0.1, -0.05) is 26.0 Å². The van der Waals surface area contributed by atoms with Crippen LogP contribution in [0, 0.1) is 18.2 Å². The van der Waals surface area contributed by atoms with Crippen molar-refractivity contribution in [1.82, 2.24) is 4.57 Å². The highest BCUT2D eigenvalue weighted by Gasteiger charge is 2.33. The molecule has 0 spiro atoms. The molecule has 1 N–H and O–H groups in total.